The summed E-state index contributed by atoms with van der Waals surface area (Å²) in [7, 11) is 0. The molecule has 3 heterocycles. The first kappa shape index (κ1) is 18.5. The van der Waals surface area contributed by atoms with Crippen LogP contribution in [0, 0.1) is 6.92 Å². The standard InChI is InChI=1S/C22H24N8/c1-14-18-12-16(7-8-19(18)27-26-14)21-25-22(20(23)28-29-21)30-10-9-24-17(13-30)11-15-5-3-2-4-6-15/h2-8,12,17,24H,9-11,13H2,1H3,(H2,23,28)(H,26,27). The Hall–Kier alpha value is -3.52. The molecule has 0 amide bonds. The predicted octanol–water partition coefficient (Wildman–Crippen LogP) is 2.33. The van der Waals surface area contributed by atoms with E-state index in [-0.39, 0.29) is 0 Å². The predicted molar refractivity (Wildman–Crippen MR) is 118 cm³/mol. The number of piperazine rings is 1. The molecule has 2 aromatic carbocycles. The summed E-state index contributed by atoms with van der Waals surface area (Å²) in [6.45, 7) is 4.52. The number of hydrogen-bond acceptors (Lipinski definition) is 7. The summed E-state index contributed by atoms with van der Waals surface area (Å²) in [6.07, 6.45) is 0.957. The van der Waals surface area contributed by atoms with Gasteiger partial charge in [0, 0.05) is 42.3 Å². The molecule has 1 atom stereocenters. The van der Waals surface area contributed by atoms with Gasteiger partial charge in [0.25, 0.3) is 0 Å². The maximum Gasteiger partial charge on any atom is 0.189 e. The van der Waals surface area contributed by atoms with Gasteiger partial charge in [0.15, 0.2) is 17.5 Å². The van der Waals surface area contributed by atoms with Crippen LogP contribution in [-0.2, 0) is 6.42 Å². The minimum atomic E-state index is 0.323. The molecule has 8 nitrogen and oxygen atoms in total. The average Bonchev–Trinajstić information content (AvgIpc) is 3.15. The van der Waals surface area contributed by atoms with Crippen LogP contribution in [0.5, 0.6) is 0 Å². The normalized spacial score (nSPS) is 16.8. The second-order valence-electron chi connectivity index (χ2n) is 7.71. The Balaban J connectivity index is 1.41. The number of nitrogens with two attached hydrogens (primary N) is 1. The molecular weight excluding hydrogens is 376 g/mol. The minimum absolute atomic E-state index is 0.323. The van der Waals surface area contributed by atoms with Crippen molar-refractivity contribution in [2.75, 3.05) is 30.3 Å². The lowest BCUT2D eigenvalue weighted by Crippen LogP contribution is -2.52. The third-order valence-electron chi connectivity index (χ3n) is 5.58. The maximum absolute atomic E-state index is 6.18. The molecule has 1 fully saturated rings. The molecular formula is C22H24N8. The molecule has 0 saturated carbocycles. The first-order valence-corrected chi connectivity index (χ1v) is 10.1. The van der Waals surface area contributed by atoms with Gasteiger partial charge in [-0.15, -0.1) is 10.2 Å². The number of nitrogens with zero attached hydrogens (tertiary/aromatic N) is 5. The quantitative estimate of drug-likeness (QED) is 0.482. The highest BCUT2D eigenvalue weighted by molar-refractivity contribution is 5.85. The number of aromatic nitrogens is 5. The van der Waals surface area contributed by atoms with Crippen LogP contribution in [0.1, 0.15) is 11.3 Å². The van der Waals surface area contributed by atoms with Crippen LogP contribution in [-0.4, -0.2) is 51.1 Å². The lowest BCUT2D eigenvalue weighted by Gasteiger charge is -2.34. The van der Waals surface area contributed by atoms with E-state index in [4.69, 9.17) is 10.7 Å². The Labute approximate surface area is 174 Å². The summed E-state index contributed by atoms with van der Waals surface area (Å²) < 4.78 is 0. The van der Waals surface area contributed by atoms with Crippen LogP contribution in [0.25, 0.3) is 22.3 Å². The minimum Gasteiger partial charge on any atom is -0.379 e. The number of anilines is 2. The number of fused-ring (bicyclic) bond motifs is 1. The first-order chi connectivity index (χ1) is 14.7. The molecule has 152 valence electrons. The molecule has 0 radical (unpaired) electrons. The van der Waals surface area contributed by atoms with E-state index >= 15 is 0 Å². The Morgan fingerprint density at radius 2 is 2.00 bits per heavy atom. The molecule has 8 heteroatoms. The molecule has 1 aliphatic rings. The van der Waals surface area contributed by atoms with Crippen molar-refractivity contribution in [3.8, 4) is 11.4 Å². The van der Waals surface area contributed by atoms with Crippen LogP contribution in [0.2, 0.25) is 0 Å². The van der Waals surface area contributed by atoms with E-state index in [9.17, 15) is 0 Å². The van der Waals surface area contributed by atoms with Crippen molar-refractivity contribution in [1.82, 2.24) is 30.7 Å². The molecule has 0 aliphatic carbocycles. The lowest BCUT2D eigenvalue weighted by molar-refractivity contribution is 0.452. The second-order valence-corrected chi connectivity index (χ2v) is 7.71. The third-order valence-corrected chi connectivity index (χ3v) is 5.58. The van der Waals surface area contributed by atoms with E-state index in [2.05, 4.69) is 54.9 Å². The molecule has 30 heavy (non-hydrogen) atoms. The Morgan fingerprint density at radius 1 is 1.13 bits per heavy atom. The number of nitrogens with one attached hydrogen (secondary N) is 2. The molecule has 0 bridgehead atoms. The van der Waals surface area contributed by atoms with Crippen LogP contribution >= 0.6 is 0 Å². The van der Waals surface area contributed by atoms with E-state index in [1.165, 1.54) is 5.56 Å². The topological polar surface area (TPSA) is 109 Å². The first-order valence-electron chi connectivity index (χ1n) is 10.1. The van der Waals surface area contributed by atoms with E-state index in [1.54, 1.807) is 0 Å². The molecule has 1 aliphatic heterocycles. The van der Waals surface area contributed by atoms with Crippen molar-refractivity contribution in [3.05, 3.63) is 59.8 Å². The van der Waals surface area contributed by atoms with E-state index < -0.39 is 0 Å². The Morgan fingerprint density at radius 3 is 2.87 bits per heavy atom. The van der Waals surface area contributed by atoms with E-state index in [1.807, 2.05) is 31.2 Å². The fourth-order valence-corrected chi connectivity index (χ4v) is 4.01. The van der Waals surface area contributed by atoms with Crippen molar-refractivity contribution in [3.63, 3.8) is 0 Å². The zero-order chi connectivity index (χ0) is 20.5. The summed E-state index contributed by atoms with van der Waals surface area (Å²) in [5.41, 5.74) is 10.3. The van der Waals surface area contributed by atoms with Gasteiger partial charge in [-0.1, -0.05) is 30.3 Å². The highest BCUT2D eigenvalue weighted by Crippen LogP contribution is 2.26. The van der Waals surface area contributed by atoms with Crippen molar-refractivity contribution >= 4 is 22.5 Å². The number of benzene rings is 2. The van der Waals surface area contributed by atoms with Crippen LogP contribution < -0.4 is 16.0 Å². The summed E-state index contributed by atoms with van der Waals surface area (Å²) >= 11 is 0. The van der Waals surface area contributed by atoms with Crippen LogP contribution in [0.15, 0.2) is 48.5 Å². The molecule has 1 saturated heterocycles. The lowest BCUT2D eigenvalue weighted by atomic mass is 10.0. The SMILES string of the molecule is Cc1[nH]nc2ccc(-c3nnc(N)c(N4CCNC(Cc5ccccc5)C4)n3)cc12. The number of H-pyrrole nitrogens is 1. The fourth-order valence-electron chi connectivity index (χ4n) is 4.01. The van der Waals surface area contributed by atoms with Crippen LogP contribution in [0.4, 0.5) is 11.6 Å². The van der Waals surface area contributed by atoms with E-state index in [0.717, 1.165) is 48.2 Å². The summed E-state index contributed by atoms with van der Waals surface area (Å²) in [5, 5.41) is 20.4. The smallest absolute Gasteiger partial charge is 0.189 e. The van der Waals surface area contributed by atoms with Gasteiger partial charge in [-0.2, -0.15) is 5.10 Å². The summed E-state index contributed by atoms with van der Waals surface area (Å²) in [6, 6.07) is 16.8. The number of nitrogen functional groups attached to an aromatic ring is 1. The largest absolute Gasteiger partial charge is 0.379 e. The Kier molecular flexibility index (Phi) is 4.76. The summed E-state index contributed by atoms with van der Waals surface area (Å²) in [5.74, 6) is 1.63. The molecule has 2 aromatic heterocycles. The van der Waals surface area contributed by atoms with Crippen LogP contribution in [0.3, 0.4) is 0 Å². The van der Waals surface area contributed by atoms with Gasteiger partial charge in [0.05, 0.1) is 5.52 Å². The molecule has 4 N–H and O–H groups in total. The molecule has 1 unspecified atom stereocenters. The fraction of sp³-hybridized carbons (Fsp3) is 0.273. The highest BCUT2D eigenvalue weighted by atomic mass is 15.3. The number of hydrogen-bond donors (Lipinski definition) is 3. The van der Waals surface area contributed by atoms with Gasteiger partial charge in [-0.25, -0.2) is 4.98 Å². The number of aromatic amines is 1. The van der Waals surface area contributed by atoms with Crippen molar-refractivity contribution in [1.29, 1.82) is 0 Å². The summed E-state index contributed by atoms with van der Waals surface area (Å²) in [4.78, 5) is 7.01. The second kappa shape index (κ2) is 7.72. The number of aryl methyl sites for hydroxylation is 1. The van der Waals surface area contributed by atoms with E-state index in [0.29, 0.717) is 23.5 Å². The number of rotatable bonds is 4. The van der Waals surface area contributed by atoms with Gasteiger partial charge in [-0.05, 0) is 37.1 Å². The Bertz CT molecular complexity index is 1170. The van der Waals surface area contributed by atoms with Gasteiger partial charge in [-0.3, -0.25) is 5.10 Å². The van der Waals surface area contributed by atoms with Gasteiger partial charge in [0.1, 0.15) is 0 Å². The molecule has 4 aromatic rings. The zero-order valence-electron chi connectivity index (χ0n) is 16.8. The van der Waals surface area contributed by atoms with Gasteiger partial charge >= 0.3 is 0 Å². The average molecular weight is 400 g/mol. The zero-order valence-corrected chi connectivity index (χ0v) is 16.8. The van der Waals surface area contributed by atoms with Gasteiger partial charge in [0.2, 0.25) is 0 Å². The maximum atomic E-state index is 6.18. The third kappa shape index (κ3) is 3.57. The molecule has 5 rings (SSSR count). The van der Waals surface area contributed by atoms with Gasteiger partial charge < -0.3 is 16.0 Å². The monoisotopic (exact) mass is 400 g/mol. The van der Waals surface area contributed by atoms with Crippen molar-refractivity contribution < 1.29 is 0 Å². The van der Waals surface area contributed by atoms with Crippen molar-refractivity contribution in [2.24, 2.45) is 0 Å². The highest BCUT2D eigenvalue weighted by Gasteiger charge is 2.23. The van der Waals surface area contributed by atoms with Crippen molar-refractivity contribution in [2.45, 2.75) is 19.4 Å². The molecule has 0 spiro atoms.